The lowest BCUT2D eigenvalue weighted by Gasteiger charge is -2.29. The molecule has 0 saturated carbocycles. The van der Waals surface area contributed by atoms with Gasteiger partial charge in [-0.1, -0.05) is 38.1 Å². The topological polar surface area (TPSA) is 43.5 Å². The van der Waals surface area contributed by atoms with Crippen LogP contribution in [-0.2, 0) is 14.9 Å². The van der Waals surface area contributed by atoms with Crippen molar-refractivity contribution in [1.82, 2.24) is 0 Å². The van der Waals surface area contributed by atoms with Crippen LogP contribution in [0, 0.1) is 27.7 Å². The molecular formula is C31H44O4. The van der Waals surface area contributed by atoms with Crippen LogP contribution in [-0.4, -0.2) is 38.6 Å². The number of ether oxygens (including phenoxy) is 4. The molecule has 0 N–H and O–H groups in total. The second-order valence-electron chi connectivity index (χ2n) is 11.1. The molecule has 2 unspecified atom stereocenters. The van der Waals surface area contributed by atoms with Crippen LogP contribution in [0.4, 0.5) is 0 Å². The van der Waals surface area contributed by atoms with Gasteiger partial charge in [-0.3, -0.25) is 0 Å². The van der Waals surface area contributed by atoms with Crippen molar-refractivity contribution < 1.29 is 18.9 Å². The summed E-state index contributed by atoms with van der Waals surface area (Å²) in [4.78, 5) is 0. The predicted molar refractivity (Wildman–Crippen MR) is 142 cm³/mol. The highest BCUT2D eigenvalue weighted by Crippen LogP contribution is 2.38. The van der Waals surface area contributed by atoms with E-state index in [0.717, 1.165) is 63.6 Å². The third kappa shape index (κ3) is 7.01. The molecule has 2 saturated heterocycles. The minimum atomic E-state index is -0.114. The van der Waals surface area contributed by atoms with Crippen molar-refractivity contribution in [1.29, 1.82) is 0 Å². The van der Waals surface area contributed by atoms with E-state index in [1.165, 1.54) is 46.2 Å². The fourth-order valence-corrected chi connectivity index (χ4v) is 5.01. The molecular weight excluding hydrogens is 436 g/mol. The van der Waals surface area contributed by atoms with Gasteiger partial charge in [0.1, 0.15) is 11.5 Å². The maximum Gasteiger partial charge on any atom is 0.125 e. The third-order valence-electron chi connectivity index (χ3n) is 7.50. The van der Waals surface area contributed by atoms with E-state index in [2.05, 4.69) is 65.8 Å². The van der Waals surface area contributed by atoms with Crippen LogP contribution in [0.25, 0.3) is 0 Å². The maximum atomic E-state index is 6.20. The molecule has 2 atom stereocenters. The standard InChI is InChI=1S/C31H44O4/c1-21-15-25(16-22(2)29(21)32-13-9-7-11-27-19-34-27)31(5,6)26-17-23(3)30(24(4)18-26)33-14-10-8-12-28-20-35-28/h15-18,27-28H,7-14,19-20H2,1-6H3. The summed E-state index contributed by atoms with van der Waals surface area (Å²) in [6.07, 6.45) is 7.84. The number of hydrogen-bond acceptors (Lipinski definition) is 4. The molecule has 4 nitrogen and oxygen atoms in total. The average molecular weight is 481 g/mol. The first kappa shape index (κ1) is 26.0. The molecule has 2 heterocycles. The molecule has 35 heavy (non-hydrogen) atoms. The number of unbranched alkanes of at least 4 members (excludes halogenated alkanes) is 2. The molecule has 0 bridgehead atoms. The van der Waals surface area contributed by atoms with Crippen molar-refractivity contribution in [2.75, 3.05) is 26.4 Å². The van der Waals surface area contributed by atoms with Crippen LogP contribution >= 0.6 is 0 Å². The number of hydrogen-bond donors (Lipinski definition) is 0. The Labute approximate surface area is 212 Å². The van der Waals surface area contributed by atoms with E-state index in [-0.39, 0.29) is 5.41 Å². The lowest BCUT2D eigenvalue weighted by Crippen LogP contribution is -2.20. The summed E-state index contributed by atoms with van der Waals surface area (Å²) in [7, 11) is 0. The van der Waals surface area contributed by atoms with Crippen molar-refractivity contribution >= 4 is 0 Å². The largest absolute Gasteiger partial charge is 0.493 e. The molecule has 192 valence electrons. The van der Waals surface area contributed by atoms with Gasteiger partial charge in [0.2, 0.25) is 0 Å². The normalized spacial score (nSPS) is 19.0. The Bertz CT molecular complexity index is 876. The van der Waals surface area contributed by atoms with Gasteiger partial charge in [0.05, 0.1) is 38.6 Å². The molecule has 4 rings (SSSR count). The summed E-state index contributed by atoms with van der Waals surface area (Å²) >= 11 is 0. The highest BCUT2D eigenvalue weighted by atomic mass is 16.6. The smallest absolute Gasteiger partial charge is 0.125 e. The van der Waals surface area contributed by atoms with Crippen molar-refractivity contribution in [3.63, 3.8) is 0 Å². The maximum absolute atomic E-state index is 6.20. The summed E-state index contributed by atoms with van der Waals surface area (Å²) in [5.74, 6) is 2.08. The molecule has 0 aliphatic carbocycles. The molecule has 2 aliphatic rings. The molecule has 4 heteroatoms. The first-order valence-electron chi connectivity index (χ1n) is 13.5. The van der Waals surface area contributed by atoms with Gasteiger partial charge < -0.3 is 18.9 Å². The average Bonchev–Trinajstić information content (AvgIpc) is 3.72. The van der Waals surface area contributed by atoms with Crippen molar-refractivity contribution in [2.45, 2.75) is 97.7 Å². The molecule has 0 radical (unpaired) electrons. The highest BCUT2D eigenvalue weighted by Gasteiger charge is 2.27. The van der Waals surface area contributed by atoms with Gasteiger partial charge in [0.25, 0.3) is 0 Å². The Balaban J connectivity index is 1.39. The Hall–Kier alpha value is -2.04. The summed E-state index contributed by atoms with van der Waals surface area (Å²) in [5, 5.41) is 0. The Morgan fingerprint density at radius 3 is 1.31 bits per heavy atom. The third-order valence-corrected chi connectivity index (χ3v) is 7.50. The summed E-state index contributed by atoms with van der Waals surface area (Å²) in [6, 6.07) is 9.22. The van der Waals surface area contributed by atoms with E-state index >= 15 is 0 Å². The molecule has 2 fully saturated rings. The Kier molecular flexibility index (Phi) is 8.44. The van der Waals surface area contributed by atoms with Crippen LogP contribution in [0.2, 0.25) is 0 Å². The second-order valence-corrected chi connectivity index (χ2v) is 11.1. The molecule has 0 spiro atoms. The fraction of sp³-hybridized carbons (Fsp3) is 0.613. The van der Waals surface area contributed by atoms with Crippen LogP contribution in [0.3, 0.4) is 0 Å². The lowest BCUT2D eigenvalue weighted by atomic mass is 9.76. The molecule has 2 aliphatic heterocycles. The van der Waals surface area contributed by atoms with E-state index in [4.69, 9.17) is 18.9 Å². The van der Waals surface area contributed by atoms with Crippen LogP contribution in [0.5, 0.6) is 11.5 Å². The van der Waals surface area contributed by atoms with Gasteiger partial charge in [-0.25, -0.2) is 0 Å². The van der Waals surface area contributed by atoms with Crippen molar-refractivity contribution in [2.24, 2.45) is 0 Å². The zero-order valence-electron chi connectivity index (χ0n) is 22.7. The number of benzene rings is 2. The van der Waals surface area contributed by atoms with E-state index in [1.807, 2.05) is 0 Å². The van der Waals surface area contributed by atoms with E-state index in [1.54, 1.807) is 0 Å². The van der Waals surface area contributed by atoms with Gasteiger partial charge in [-0.05, 0) is 99.6 Å². The number of rotatable bonds is 14. The molecule has 2 aromatic carbocycles. The van der Waals surface area contributed by atoms with Gasteiger partial charge in [-0.15, -0.1) is 0 Å². The van der Waals surface area contributed by atoms with Gasteiger partial charge in [0, 0.05) is 5.41 Å². The summed E-state index contributed by atoms with van der Waals surface area (Å²) in [6.45, 7) is 16.7. The molecule has 0 amide bonds. The first-order valence-corrected chi connectivity index (χ1v) is 13.5. The minimum Gasteiger partial charge on any atom is -0.493 e. The summed E-state index contributed by atoms with van der Waals surface area (Å²) in [5.41, 5.74) is 7.37. The monoisotopic (exact) mass is 480 g/mol. The first-order chi connectivity index (χ1) is 16.8. The predicted octanol–water partition coefficient (Wildman–Crippen LogP) is 7.14. The Morgan fingerprint density at radius 1 is 0.657 bits per heavy atom. The van der Waals surface area contributed by atoms with E-state index < -0.39 is 0 Å². The van der Waals surface area contributed by atoms with Crippen LogP contribution in [0.15, 0.2) is 24.3 Å². The van der Waals surface area contributed by atoms with Crippen LogP contribution in [0.1, 0.15) is 85.8 Å². The minimum absolute atomic E-state index is 0.114. The molecule has 2 aromatic rings. The SMILES string of the molecule is Cc1cc(C(C)(C)c2cc(C)c(OCCCCC3CO3)c(C)c2)cc(C)c1OCCCCC1CO1. The Morgan fingerprint density at radius 2 is 1.00 bits per heavy atom. The van der Waals surface area contributed by atoms with Crippen molar-refractivity contribution in [3.05, 3.63) is 57.6 Å². The quantitative estimate of drug-likeness (QED) is 0.213. The van der Waals surface area contributed by atoms with Gasteiger partial charge in [0.15, 0.2) is 0 Å². The zero-order chi connectivity index (χ0) is 25.0. The number of epoxide rings is 2. The second kappa shape index (κ2) is 11.3. The fourth-order valence-electron chi connectivity index (χ4n) is 5.01. The summed E-state index contributed by atoms with van der Waals surface area (Å²) < 4.78 is 23.0. The van der Waals surface area contributed by atoms with Crippen molar-refractivity contribution in [3.8, 4) is 11.5 Å². The molecule has 0 aromatic heterocycles. The van der Waals surface area contributed by atoms with Gasteiger partial charge >= 0.3 is 0 Å². The van der Waals surface area contributed by atoms with E-state index in [0.29, 0.717) is 12.2 Å². The number of aryl methyl sites for hydroxylation is 4. The zero-order valence-corrected chi connectivity index (χ0v) is 22.7. The highest BCUT2D eigenvalue weighted by molar-refractivity contribution is 5.52. The lowest BCUT2D eigenvalue weighted by molar-refractivity contribution is 0.296. The van der Waals surface area contributed by atoms with Crippen LogP contribution < -0.4 is 9.47 Å². The van der Waals surface area contributed by atoms with E-state index in [9.17, 15) is 0 Å². The van der Waals surface area contributed by atoms with Gasteiger partial charge in [-0.2, -0.15) is 0 Å².